The van der Waals surface area contributed by atoms with Crippen LogP contribution < -0.4 is 5.32 Å². The molecule has 0 aliphatic rings. The van der Waals surface area contributed by atoms with E-state index in [2.05, 4.69) is 10.3 Å². The summed E-state index contributed by atoms with van der Waals surface area (Å²) in [5.41, 5.74) is 3.96. The maximum Gasteiger partial charge on any atom is 0.319 e. The molecule has 0 fully saturated rings. The number of carbonyl (C=O) groups is 1. The van der Waals surface area contributed by atoms with Crippen molar-refractivity contribution in [3.63, 3.8) is 0 Å². The maximum atomic E-state index is 13.0. The molecule has 0 spiro atoms. The number of hydrogen-bond donors (Lipinski definition) is 2. The Hall–Kier alpha value is -2.09. The minimum Gasteiger partial charge on any atom is -0.480 e. The van der Waals surface area contributed by atoms with Crippen LogP contribution in [0.3, 0.4) is 0 Å². The Morgan fingerprint density at radius 3 is 2.31 bits per heavy atom. The molecule has 0 saturated heterocycles. The van der Waals surface area contributed by atoms with E-state index in [0.29, 0.717) is 0 Å². The van der Waals surface area contributed by atoms with Gasteiger partial charge in [-0.15, -0.1) is 23.7 Å². The van der Waals surface area contributed by atoms with Gasteiger partial charge in [-0.3, -0.25) is 4.79 Å². The lowest BCUT2D eigenvalue weighted by Crippen LogP contribution is -2.26. The molecule has 1 aromatic heterocycles. The fraction of sp³-hybridized carbons (Fsp3) is 0.238. The second kappa shape index (κ2) is 10.1. The predicted molar refractivity (Wildman–Crippen MR) is 121 cm³/mol. The predicted octanol–water partition coefficient (Wildman–Crippen LogP) is 5.98. The molecule has 8 heteroatoms. The second-order valence-electron chi connectivity index (χ2n) is 6.78. The number of carboxylic acid groups (broad SMARTS) is 1. The van der Waals surface area contributed by atoms with Crippen molar-refractivity contribution in [2.75, 3.05) is 11.9 Å². The highest BCUT2D eigenvalue weighted by Gasteiger charge is 2.29. The molecule has 29 heavy (non-hydrogen) atoms. The number of rotatable bonds is 8. The average molecular weight is 453 g/mol. The first-order valence-corrected chi connectivity index (χ1v) is 10.5. The summed E-state index contributed by atoms with van der Waals surface area (Å²) in [6.07, 6.45) is 0.754. The van der Waals surface area contributed by atoms with Gasteiger partial charge in [-0.05, 0) is 49.2 Å². The highest BCUT2D eigenvalue weighted by atomic mass is 35.5. The molecular formula is C21H22ClFN2O2S2. The van der Waals surface area contributed by atoms with E-state index in [0.717, 1.165) is 39.8 Å². The number of thiazole rings is 1. The minimum atomic E-state index is -0.889. The van der Waals surface area contributed by atoms with Crippen LogP contribution in [0.25, 0.3) is 11.1 Å². The van der Waals surface area contributed by atoms with Crippen molar-refractivity contribution in [3.8, 4) is 11.1 Å². The molecule has 0 atom stereocenters. The molecule has 0 bridgehead atoms. The molecule has 0 radical (unpaired) electrons. The first-order chi connectivity index (χ1) is 13.3. The van der Waals surface area contributed by atoms with Crippen molar-refractivity contribution in [1.82, 2.24) is 4.98 Å². The fourth-order valence-electron chi connectivity index (χ4n) is 2.47. The number of benzene rings is 2. The van der Waals surface area contributed by atoms with Gasteiger partial charge in [-0.25, -0.2) is 9.37 Å². The summed E-state index contributed by atoms with van der Waals surface area (Å²) in [4.78, 5) is 15.7. The van der Waals surface area contributed by atoms with Crippen molar-refractivity contribution in [3.05, 3.63) is 65.4 Å². The number of nitrogens with one attached hydrogen (secondary N) is 1. The number of aromatic nitrogens is 1. The topological polar surface area (TPSA) is 62.2 Å². The Balaban J connectivity index is 0.00000300. The molecule has 0 unspecified atom stereocenters. The number of thioether (sulfide) groups is 1. The van der Waals surface area contributed by atoms with Gasteiger partial charge in [-0.1, -0.05) is 36.0 Å². The van der Waals surface area contributed by atoms with Crippen LogP contribution in [0.4, 0.5) is 10.1 Å². The molecule has 0 aliphatic heterocycles. The van der Waals surface area contributed by atoms with Crippen LogP contribution in [0.1, 0.15) is 19.5 Å². The van der Waals surface area contributed by atoms with E-state index in [9.17, 15) is 14.3 Å². The van der Waals surface area contributed by atoms with Crippen LogP contribution in [0.2, 0.25) is 0 Å². The third-order valence-electron chi connectivity index (χ3n) is 4.16. The van der Waals surface area contributed by atoms with Crippen molar-refractivity contribution in [2.45, 2.75) is 29.4 Å². The molecule has 0 saturated carbocycles. The summed E-state index contributed by atoms with van der Waals surface area (Å²) in [5, 5.41) is 14.5. The van der Waals surface area contributed by atoms with Crippen LogP contribution in [0.15, 0.2) is 58.3 Å². The first-order valence-electron chi connectivity index (χ1n) is 8.80. The third-order valence-corrected chi connectivity index (χ3v) is 6.33. The zero-order valence-corrected chi connectivity index (χ0v) is 18.5. The summed E-state index contributed by atoms with van der Waals surface area (Å²) < 4.78 is 12.9. The monoisotopic (exact) mass is 452 g/mol. The Bertz CT molecular complexity index is 944. The molecule has 3 rings (SSSR count). The minimum absolute atomic E-state index is 0. The van der Waals surface area contributed by atoms with Gasteiger partial charge in [0.1, 0.15) is 10.6 Å². The summed E-state index contributed by atoms with van der Waals surface area (Å²) in [6.45, 7) is 4.09. The van der Waals surface area contributed by atoms with Crippen LogP contribution in [-0.4, -0.2) is 27.4 Å². The van der Waals surface area contributed by atoms with Crippen molar-refractivity contribution in [2.24, 2.45) is 0 Å². The smallest absolute Gasteiger partial charge is 0.319 e. The molecule has 1 heterocycles. The van der Waals surface area contributed by atoms with Gasteiger partial charge >= 0.3 is 5.97 Å². The first kappa shape index (κ1) is 23.2. The summed E-state index contributed by atoms with van der Waals surface area (Å²) in [7, 11) is 0. The van der Waals surface area contributed by atoms with Crippen molar-refractivity contribution in [1.29, 1.82) is 0 Å². The maximum absolute atomic E-state index is 13.0. The normalized spacial score (nSPS) is 11.0. The highest BCUT2D eigenvalue weighted by molar-refractivity contribution is 8.02. The highest BCUT2D eigenvalue weighted by Crippen LogP contribution is 2.34. The lowest BCUT2D eigenvalue weighted by Gasteiger charge is -2.15. The quantitative estimate of drug-likeness (QED) is 0.411. The van der Waals surface area contributed by atoms with Gasteiger partial charge in [0.2, 0.25) is 0 Å². The van der Waals surface area contributed by atoms with Gasteiger partial charge < -0.3 is 10.4 Å². The number of halogens is 2. The lowest BCUT2D eigenvalue weighted by molar-refractivity contribution is -0.138. The van der Waals surface area contributed by atoms with Gasteiger partial charge in [0, 0.05) is 24.0 Å². The number of carboxylic acids is 1. The van der Waals surface area contributed by atoms with Crippen LogP contribution in [-0.2, 0) is 11.2 Å². The average Bonchev–Trinajstić information content (AvgIpc) is 3.09. The van der Waals surface area contributed by atoms with Crippen LogP contribution >= 0.6 is 35.5 Å². The van der Waals surface area contributed by atoms with E-state index in [1.807, 2.05) is 29.6 Å². The van der Waals surface area contributed by atoms with Crippen molar-refractivity contribution < 1.29 is 14.3 Å². The van der Waals surface area contributed by atoms with Crippen molar-refractivity contribution >= 4 is 47.2 Å². The molecule has 3 aromatic rings. The van der Waals surface area contributed by atoms with E-state index in [1.165, 1.54) is 35.2 Å². The largest absolute Gasteiger partial charge is 0.480 e. The van der Waals surface area contributed by atoms with E-state index in [-0.39, 0.29) is 18.2 Å². The lowest BCUT2D eigenvalue weighted by atomic mass is 10.1. The zero-order valence-electron chi connectivity index (χ0n) is 16.0. The molecular weight excluding hydrogens is 431 g/mol. The Kier molecular flexibility index (Phi) is 8.07. The van der Waals surface area contributed by atoms with Gasteiger partial charge in [0.15, 0.2) is 4.34 Å². The summed E-state index contributed by atoms with van der Waals surface area (Å²) in [6, 6.07) is 14.4. The third kappa shape index (κ3) is 6.45. The molecule has 4 nitrogen and oxygen atoms in total. The van der Waals surface area contributed by atoms with E-state index >= 15 is 0 Å². The van der Waals surface area contributed by atoms with Gasteiger partial charge in [0.05, 0.1) is 5.69 Å². The molecule has 0 aliphatic carbocycles. The van der Waals surface area contributed by atoms with Crippen LogP contribution in [0, 0.1) is 5.82 Å². The summed E-state index contributed by atoms with van der Waals surface area (Å²) in [5.74, 6) is -1.09. The fourth-order valence-corrected chi connectivity index (χ4v) is 4.70. The number of aliphatic carboxylic acids is 1. The Labute approximate surface area is 184 Å². The van der Waals surface area contributed by atoms with E-state index in [4.69, 9.17) is 0 Å². The van der Waals surface area contributed by atoms with E-state index < -0.39 is 10.7 Å². The Morgan fingerprint density at radius 1 is 1.14 bits per heavy atom. The van der Waals surface area contributed by atoms with Crippen LogP contribution in [0.5, 0.6) is 0 Å². The summed E-state index contributed by atoms with van der Waals surface area (Å²) >= 11 is 2.74. The standard InChI is InChI=1S/C21H21FN2O2S2.ClH/c1-21(2,19(25)26)28-20-24-18(13-27-20)11-12-23-17-9-5-15(6-10-17)14-3-7-16(22)8-4-14;/h3-10,13,23H,11-12H2,1-2H3,(H,25,26);1H. The van der Waals surface area contributed by atoms with Gasteiger partial charge in [-0.2, -0.15) is 0 Å². The van der Waals surface area contributed by atoms with E-state index in [1.54, 1.807) is 26.0 Å². The molecule has 154 valence electrons. The Morgan fingerprint density at radius 2 is 1.72 bits per heavy atom. The molecule has 2 N–H and O–H groups in total. The molecule has 0 amide bonds. The number of anilines is 1. The molecule has 2 aromatic carbocycles. The number of hydrogen-bond acceptors (Lipinski definition) is 5. The SMILES string of the molecule is CC(C)(Sc1nc(CCNc2ccc(-c3ccc(F)cc3)cc2)cs1)C(=O)O.Cl. The zero-order chi connectivity index (χ0) is 20.1. The number of nitrogens with zero attached hydrogens (tertiary/aromatic N) is 1. The van der Waals surface area contributed by atoms with Gasteiger partial charge in [0.25, 0.3) is 0 Å². The second-order valence-corrected chi connectivity index (χ2v) is 9.51.